The van der Waals surface area contributed by atoms with Gasteiger partial charge in [0.1, 0.15) is 0 Å². The Morgan fingerprint density at radius 3 is 3.00 bits per heavy atom. The zero-order valence-electron chi connectivity index (χ0n) is 7.33. The molecule has 0 aliphatic carbocycles. The molecule has 1 heterocycles. The summed E-state index contributed by atoms with van der Waals surface area (Å²) in [5.74, 6) is 0. The highest BCUT2D eigenvalue weighted by atomic mass is 35.5. The van der Waals surface area contributed by atoms with Crippen LogP contribution in [-0.2, 0) is 6.42 Å². The predicted molar refractivity (Wildman–Crippen MR) is 52.5 cm³/mol. The Kier molecular flexibility index (Phi) is 4.09. The van der Waals surface area contributed by atoms with Crippen LogP contribution in [0.25, 0.3) is 0 Å². The first-order valence-corrected chi connectivity index (χ1v) is 4.75. The molecule has 0 bridgehead atoms. The van der Waals surface area contributed by atoms with Crippen LogP contribution in [0.2, 0.25) is 0 Å². The minimum atomic E-state index is 0.293. The molecule has 12 heavy (non-hydrogen) atoms. The van der Waals surface area contributed by atoms with Crippen molar-refractivity contribution in [2.24, 2.45) is 0 Å². The number of rotatable bonds is 4. The molecule has 0 spiro atoms. The molecule has 0 amide bonds. The van der Waals surface area contributed by atoms with Crippen LogP contribution >= 0.6 is 11.6 Å². The molecule has 0 radical (unpaired) electrons. The average Bonchev–Trinajstić information content (AvgIpc) is 2.05. The lowest BCUT2D eigenvalue weighted by Crippen LogP contribution is -1.93. The van der Waals surface area contributed by atoms with Gasteiger partial charge in [0.15, 0.2) is 0 Å². The number of aromatic nitrogens is 1. The zero-order valence-corrected chi connectivity index (χ0v) is 8.09. The number of halogens is 1. The fraction of sp³-hybridized carbons (Fsp3) is 0.500. The summed E-state index contributed by atoms with van der Waals surface area (Å²) in [6.45, 7) is 2.03. The molecule has 66 valence electrons. The molecule has 0 fully saturated rings. The molecule has 1 unspecified atom stereocenters. The molecule has 0 saturated carbocycles. The summed E-state index contributed by atoms with van der Waals surface area (Å²) in [5.41, 5.74) is 1.30. The molecular weight excluding hydrogens is 170 g/mol. The van der Waals surface area contributed by atoms with Crippen molar-refractivity contribution in [3.05, 3.63) is 30.1 Å². The van der Waals surface area contributed by atoms with E-state index in [2.05, 4.69) is 11.1 Å². The average molecular weight is 184 g/mol. The van der Waals surface area contributed by atoms with Gasteiger partial charge in [0.2, 0.25) is 0 Å². The Hall–Kier alpha value is -0.560. The normalized spacial score (nSPS) is 12.8. The van der Waals surface area contributed by atoms with Gasteiger partial charge in [0.05, 0.1) is 0 Å². The first-order chi connectivity index (χ1) is 5.79. The molecule has 0 aliphatic rings. The molecule has 1 aromatic heterocycles. The van der Waals surface area contributed by atoms with Crippen molar-refractivity contribution < 1.29 is 0 Å². The third kappa shape index (κ3) is 3.72. The van der Waals surface area contributed by atoms with E-state index in [9.17, 15) is 0 Å². The van der Waals surface area contributed by atoms with Crippen molar-refractivity contribution >= 4 is 11.6 Å². The summed E-state index contributed by atoms with van der Waals surface area (Å²) in [7, 11) is 0. The molecule has 2 heteroatoms. The van der Waals surface area contributed by atoms with Gasteiger partial charge in [-0.3, -0.25) is 4.98 Å². The van der Waals surface area contributed by atoms with Crippen molar-refractivity contribution in [2.75, 3.05) is 0 Å². The first-order valence-electron chi connectivity index (χ1n) is 4.32. The van der Waals surface area contributed by atoms with E-state index in [1.807, 2.05) is 19.2 Å². The minimum Gasteiger partial charge on any atom is -0.264 e. The van der Waals surface area contributed by atoms with Gasteiger partial charge >= 0.3 is 0 Å². The first kappa shape index (κ1) is 9.53. The smallest absolute Gasteiger partial charge is 0.0308 e. The maximum absolute atomic E-state index is 5.83. The number of nitrogens with zero attached hydrogens (tertiary/aromatic N) is 1. The fourth-order valence-electron chi connectivity index (χ4n) is 1.13. The van der Waals surface area contributed by atoms with E-state index in [0.29, 0.717) is 5.38 Å². The van der Waals surface area contributed by atoms with Crippen LogP contribution < -0.4 is 0 Å². The number of hydrogen-bond acceptors (Lipinski definition) is 1. The zero-order chi connectivity index (χ0) is 8.81. The summed E-state index contributed by atoms with van der Waals surface area (Å²) in [4.78, 5) is 4.05. The van der Waals surface area contributed by atoms with Crippen LogP contribution in [0.15, 0.2) is 24.5 Å². The van der Waals surface area contributed by atoms with Gasteiger partial charge in [0.25, 0.3) is 0 Å². The van der Waals surface area contributed by atoms with E-state index in [-0.39, 0.29) is 0 Å². The van der Waals surface area contributed by atoms with E-state index in [4.69, 9.17) is 11.6 Å². The van der Waals surface area contributed by atoms with E-state index >= 15 is 0 Å². The molecule has 0 aromatic carbocycles. The second kappa shape index (κ2) is 5.15. The van der Waals surface area contributed by atoms with Gasteiger partial charge in [-0.15, -0.1) is 11.6 Å². The van der Waals surface area contributed by atoms with E-state index in [1.54, 1.807) is 6.20 Å². The quantitative estimate of drug-likeness (QED) is 0.654. The van der Waals surface area contributed by atoms with Gasteiger partial charge < -0.3 is 0 Å². The summed E-state index contributed by atoms with van der Waals surface area (Å²) in [5, 5.41) is 0.293. The standard InChI is InChI=1S/C10H14ClN/c1-9(11)4-2-5-10-6-3-7-12-8-10/h3,6-9H,2,4-5H2,1H3. The van der Waals surface area contributed by atoms with Crippen molar-refractivity contribution in [3.8, 4) is 0 Å². The maximum atomic E-state index is 5.83. The van der Waals surface area contributed by atoms with Crippen LogP contribution in [0, 0.1) is 0 Å². The topological polar surface area (TPSA) is 12.9 Å². The fourth-order valence-corrected chi connectivity index (χ4v) is 1.29. The molecule has 0 saturated heterocycles. The van der Waals surface area contributed by atoms with Crippen LogP contribution in [0.5, 0.6) is 0 Å². The summed E-state index contributed by atoms with van der Waals surface area (Å²) in [6.07, 6.45) is 7.03. The number of hydrogen-bond donors (Lipinski definition) is 0. The second-order valence-corrected chi connectivity index (χ2v) is 3.78. The van der Waals surface area contributed by atoms with Crippen LogP contribution in [0.3, 0.4) is 0 Å². The molecule has 1 aromatic rings. The SMILES string of the molecule is CC(Cl)CCCc1cccnc1. The number of pyridine rings is 1. The Balaban J connectivity index is 2.25. The van der Waals surface area contributed by atoms with Gasteiger partial charge in [-0.2, -0.15) is 0 Å². The third-order valence-corrected chi connectivity index (χ3v) is 2.01. The van der Waals surface area contributed by atoms with E-state index in [0.717, 1.165) is 19.3 Å². The van der Waals surface area contributed by atoms with Crippen LogP contribution in [0.1, 0.15) is 25.3 Å². The Bertz CT molecular complexity index is 208. The Morgan fingerprint density at radius 1 is 1.58 bits per heavy atom. The minimum absolute atomic E-state index is 0.293. The number of aryl methyl sites for hydroxylation is 1. The lowest BCUT2D eigenvalue weighted by molar-refractivity contribution is 0.722. The van der Waals surface area contributed by atoms with E-state index < -0.39 is 0 Å². The highest BCUT2D eigenvalue weighted by molar-refractivity contribution is 6.20. The van der Waals surface area contributed by atoms with E-state index in [1.165, 1.54) is 5.56 Å². The van der Waals surface area contributed by atoms with Gasteiger partial charge in [-0.25, -0.2) is 0 Å². The van der Waals surface area contributed by atoms with Crippen LogP contribution in [0.4, 0.5) is 0 Å². The monoisotopic (exact) mass is 183 g/mol. The largest absolute Gasteiger partial charge is 0.264 e. The van der Waals surface area contributed by atoms with Crippen LogP contribution in [-0.4, -0.2) is 10.4 Å². The second-order valence-electron chi connectivity index (χ2n) is 3.03. The lowest BCUT2D eigenvalue weighted by Gasteiger charge is -2.01. The third-order valence-electron chi connectivity index (χ3n) is 1.79. The van der Waals surface area contributed by atoms with Crippen molar-refractivity contribution in [2.45, 2.75) is 31.6 Å². The highest BCUT2D eigenvalue weighted by Crippen LogP contribution is 2.08. The number of alkyl halides is 1. The molecule has 1 nitrogen and oxygen atoms in total. The molecule has 1 rings (SSSR count). The summed E-state index contributed by atoms with van der Waals surface area (Å²) >= 11 is 5.83. The molecular formula is C10H14ClN. The van der Waals surface area contributed by atoms with Gasteiger partial charge in [-0.1, -0.05) is 6.07 Å². The predicted octanol–water partition coefficient (Wildman–Crippen LogP) is 3.03. The summed E-state index contributed by atoms with van der Waals surface area (Å²) < 4.78 is 0. The Labute approximate surface area is 78.8 Å². The van der Waals surface area contributed by atoms with Gasteiger partial charge in [-0.05, 0) is 37.8 Å². The lowest BCUT2D eigenvalue weighted by atomic mass is 10.1. The van der Waals surface area contributed by atoms with Crippen molar-refractivity contribution in [1.29, 1.82) is 0 Å². The van der Waals surface area contributed by atoms with Gasteiger partial charge in [0, 0.05) is 17.8 Å². The highest BCUT2D eigenvalue weighted by Gasteiger charge is 1.96. The Morgan fingerprint density at radius 2 is 2.42 bits per heavy atom. The van der Waals surface area contributed by atoms with Crippen molar-refractivity contribution in [1.82, 2.24) is 4.98 Å². The molecule has 0 aliphatic heterocycles. The summed E-state index contributed by atoms with van der Waals surface area (Å²) in [6, 6.07) is 4.07. The van der Waals surface area contributed by atoms with Crippen molar-refractivity contribution in [3.63, 3.8) is 0 Å². The molecule has 1 atom stereocenters. The maximum Gasteiger partial charge on any atom is 0.0308 e. The molecule has 0 N–H and O–H groups in total.